The molecule has 0 aliphatic heterocycles. The molecule has 1 fully saturated rings. The molecule has 2 aromatic heterocycles. The topological polar surface area (TPSA) is 56.7 Å². The van der Waals surface area contributed by atoms with Crippen molar-refractivity contribution in [3.05, 3.63) is 54.0 Å². The molecule has 0 saturated heterocycles. The molecule has 0 atom stereocenters. The van der Waals surface area contributed by atoms with Gasteiger partial charge in [-0.1, -0.05) is 12.1 Å². The van der Waals surface area contributed by atoms with Gasteiger partial charge in [0.1, 0.15) is 11.3 Å². The van der Waals surface area contributed by atoms with Gasteiger partial charge in [-0.15, -0.1) is 0 Å². The van der Waals surface area contributed by atoms with Crippen LogP contribution in [-0.4, -0.2) is 14.5 Å². The summed E-state index contributed by atoms with van der Waals surface area (Å²) in [7, 11) is 0. The van der Waals surface area contributed by atoms with Gasteiger partial charge in [0.2, 0.25) is 0 Å². The highest BCUT2D eigenvalue weighted by Crippen LogP contribution is 2.53. The van der Waals surface area contributed by atoms with Crippen LogP contribution < -0.4 is 5.73 Å². The second-order valence-corrected chi connectivity index (χ2v) is 5.73. The number of anilines is 1. The van der Waals surface area contributed by atoms with E-state index >= 15 is 0 Å². The number of aromatic nitrogens is 3. The van der Waals surface area contributed by atoms with Crippen LogP contribution >= 0.6 is 0 Å². The molecule has 0 spiro atoms. The highest BCUT2D eigenvalue weighted by molar-refractivity contribution is 5.72. The van der Waals surface area contributed by atoms with Crippen molar-refractivity contribution in [2.24, 2.45) is 0 Å². The second-order valence-electron chi connectivity index (χ2n) is 5.73. The predicted octanol–water partition coefficient (Wildman–Crippen LogP) is 3.11. The number of nitrogens with two attached hydrogens (primary N) is 1. The van der Waals surface area contributed by atoms with Crippen molar-refractivity contribution in [1.29, 1.82) is 0 Å². The molecule has 4 rings (SSSR count). The van der Waals surface area contributed by atoms with Gasteiger partial charge in [-0.3, -0.25) is 0 Å². The summed E-state index contributed by atoms with van der Waals surface area (Å²) >= 11 is 0. The average Bonchev–Trinajstić information content (AvgIpc) is 3.23. The lowest BCUT2D eigenvalue weighted by Gasteiger charge is -2.17. The zero-order valence-electron chi connectivity index (χ0n) is 12.1. The highest BCUT2D eigenvalue weighted by Gasteiger charge is 2.49. The number of rotatable bonds is 3. The zero-order chi connectivity index (χ0) is 14.4. The first kappa shape index (κ1) is 12.4. The Bertz CT molecular complexity index is 797. The molecule has 4 nitrogen and oxygen atoms in total. The standard InChI is InChI=1S/C17H18N4/c1-2-21-15-14(4-3-11-19-15)20-16(21)17(9-10-17)12-5-7-13(18)8-6-12/h3-8,11H,2,9-10,18H2,1H3. The van der Waals surface area contributed by atoms with Crippen LogP contribution in [0.2, 0.25) is 0 Å². The normalized spacial score (nSPS) is 16.2. The number of hydrogen-bond donors (Lipinski definition) is 1. The van der Waals surface area contributed by atoms with Crippen LogP contribution in [0.3, 0.4) is 0 Å². The first-order chi connectivity index (χ1) is 10.2. The van der Waals surface area contributed by atoms with Crippen LogP contribution in [0.5, 0.6) is 0 Å². The van der Waals surface area contributed by atoms with E-state index in [1.807, 2.05) is 30.5 Å². The summed E-state index contributed by atoms with van der Waals surface area (Å²) in [6.45, 7) is 3.04. The van der Waals surface area contributed by atoms with Crippen LogP contribution in [0.25, 0.3) is 11.2 Å². The monoisotopic (exact) mass is 278 g/mol. The number of benzene rings is 1. The minimum absolute atomic E-state index is 0.0460. The van der Waals surface area contributed by atoms with E-state index in [0.29, 0.717) is 0 Å². The molecule has 3 aromatic rings. The van der Waals surface area contributed by atoms with Gasteiger partial charge < -0.3 is 10.3 Å². The molecule has 1 aromatic carbocycles. The Kier molecular flexibility index (Phi) is 2.55. The lowest BCUT2D eigenvalue weighted by atomic mass is 9.94. The van der Waals surface area contributed by atoms with Gasteiger partial charge >= 0.3 is 0 Å². The van der Waals surface area contributed by atoms with Crippen LogP contribution in [0.15, 0.2) is 42.6 Å². The minimum atomic E-state index is 0.0460. The Morgan fingerprint density at radius 2 is 1.95 bits per heavy atom. The Morgan fingerprint density at radius 3 is 2.62 bits per heavy atom. The number of pyridine rings is 1. The van der Waals surface area contributed by atoms with Crippen molar-refractivity contribution in [1.82, 2.24) is 14.5 Å². The van der Waals surface area contributed by atoms with Crippen molar-refractivity contribution < 1.29 is 0 Å². The predicted molar refractivity (Wildman–Crippen MR) is 84.1 cm³/mol. The fourth-order valence-electron chi connectivity index (χ4n) is 3.19. The van der Waals surface area contributed by atoms with Gasteiger partial charge in [0.05, 0.1) is 5.41 Å². The molecular weight excluding hydrogens is 260 g/mol. The maximum atomic E-state index is 5.82. The highest BCUT2D eigenvalue weighted by atomic mass is 15.1. The summed E-state index contributed by atoms with van der Waals surface area (Å²) in [4.78, 5) is 9.39. The van der Waals surface area contributed by atoms with E-state index in [4.69, 9.17) is 10.7 Å². The van der Waals surface area contributed by atoms with Crippen molar-refractivity contribution >= 4 is 16.9 Å². The second kappa shape index (κ2) is 4.32. The van der Waals surface area contributed by atoms with Gasteiger partial charge in [0, 0.05) is 18.4 Å². The molecule has 21 heavy (non-hydrogen) atoms. The fraction of sp³-hybridized carbons (Fsp3) is 0.294. The number of nitrogen functional groups attached to an aromatic ring is 1. The van der Waals surface area contributed by atoms with E-state index < -0.39 is 0 Å². The quantitative estimate of drug-likeness (QED) is 0.749. The van der Waals surface area contributed by atoms with Crippen molar-refractivity contribution in [3.63, 3.8) is 0 Å². The molecule has 2 N–H and O–H groups in total. The molecule has 0 bridgehead atoms. The maximum absolute atomic E-state index is 5.82. The summed E-state index contributed by atoms with van der Waals surface area (Å²) < 4.78 is 2.25. The molecule has 2 heterocycles. The van der Waals surface area contributed by atoms with E-state index in [9.17, 15) is 0 Å². The molecule has 0 unspecified atom stereocenters. The molecule has 0 radical (unpaired) electrons. The largest absolute Gasteiger partial charge is 0.399 e. The number of aryl methyl sites for hydroxylation is 1. The third kappa shape index (κ3) is 1.75. The summed E-state index contributed by atoms with van der Waals surface area (Å²) in [6, 6.07) is 12.2. The van der Waals surface area contributed by atoms with Gasteiger partial charge in [-0.05, 0) is 49.6 Å². The summed E-state index contributed by atoms with van der Waals surface area (Å²) in [5.74, 6) is 1.14. The van der Waals surface area contributed by atoms with Crippen LogP contribution in [0, 0.1) is 0 Å². The molecule has 1 aliphatic carbocycles. The third-order valence-electron chi connectivity index (χ3n) is 4.46. The average molecular weight is 278 g/mol. The smallest absolute Gasteiger partial charge is 0.159 e. The molecule has 0 amide bonds. The van der Waals surface area contributed by atoms with E-state index in [0.717, 1.165) is 42.1 Å². The Balaban J connectivity index is 1.91. The van der Waals surface area contributed by atoms with Crippen LogP contribution in [0.1, 0.15) is 31.2 Å². The first-order valence-corrected chi connectivity index (χ1v) is 7.42. The fourth-order valence-corrected chi connectivity index (χ4v) is 3.19. The number of nitrogens with zero attached hydrogens (tertiary/aromatic N) is 3. The number of hydrogen-bond acceptors (Lipinski definition) is 3. The number of imidazole rings is 1. The zero-order valence-corrected chi connectivity index (χ0v) is 12.1. The Hall–Kier alpha value is -2.36. The van der Waals surface area contributed by atoms with Gasteiger partial charge in [-0.2, -0.15) is 0 Å². The van der Waals surface area contributed by atoms with Crippen LogP contribution in [-0.2, 0) is 12.0 Å². The van der Waals surface area contributed by atoms with Gasteiger partial charge in [0.15, 0.2) is 5.65 Å². The van der Waals surface area contributed by atoms with Crippen LogP contribution in [0.4, 0.5) is 5.69 Å². The molecule has 106 valence electrons. The van der Waals surface area contributed by atoms with Crippen molar-refractivity contribution in [3.8, 4) is 0 Å². The minimum Gasteiger partial charge on any atom is -0.399 e. The SMILES string of the molecule is CCn1c(C2(c3ccc(N)cc3)CC2)nc2cccnc21. The summed E-state index contributed by atoms with van der Waals surface area (Å²) in [5.41, 5.74) is 9.94. The lowest BCUT2D eigenvalue weighted by Crippen LogP contribution is -2.16. The molecule has 1 aliphatic rings. The first-order valence-electron chi connectivity index (χ1n) is 7.42. The van der Waals surface area contributed by atoms with Gasteiger partial charge in [0.25, 0.3) is 0 Å². The lowest BCUT2D eigenvalue weighted by molar-refractivity contribution is 0.650. The Labute approximate surface area is 123 Å². The Morgan fingerprint density at radius 1 is 1.19 bits per heavy atom. The van der Waals surface area contributed by atoms with E-state index in [2.05, 4.69) is 28.6 Å². The summed E-state index contributed by atoms with van der Waals surface area (Å²) in [6.07, 6.45) is 4.11. The maximum Gasteiger partial charge on any atom is 0.159 e. The number of fused-ring (bicyclic) bond motifs is 1. The molecule has 1 saturated carbocycles. The summed E-state index contributed by atoms with van der Waals surface area (Å²) in [5, 5.41) is 0. The van der Waals surface area contributed by atoms with Crippen molar-refractivity contribution in [2.45, 2.75) is 31.7 Å². The van der Waals surface area contributed by atoms with E-state index in [-0.39, 0.29) is 5.41 Å². The molecular formula is C17H18N4. The van der Waals surface area contributed by atoms with Crippen molar-refractivity contribution in [2.75, 3.05) is 5.73 Å². The molecule has 4 heteroatoms. The van der Waals surface area contributed by atoms with Gasteiger partial charge in [-0.25, -0.2) is 9.97 Å². The van der Waals surface area contributed by atoms with E-state index in [1.54, 1.807) is 0 Å². The van der Waals surface area contributed by atoms with E-state index in [1.165, 1.54) is 5.56 Å². The third-order valence-corrected chi connectivity index (χ3v) is 4.46.